The summed E-state index contributed by atoms with van der Waals surface area (Å²) in [6, 6.07) is 17.0. The summed E-state index contributed by atoms with van der Waals surface area (Å²) in [6.45, 7) is 3.36. The topological polar surface area (TPSA) is 143 Å². The molecule has 0 bridgehead atoms. The molecule has 3 aromatic rings. The molecular weight excluding hydrogens is 450 g/mol. The van der Waals surface area contributed by atoms with Crippen molar-refractivity contribution in [1.82, 2.24) is 4.98 Å². The highest BCUT2D eigenvalue weighted by molar-refractivity contribution is 7.85. The first kappa shape index (κ1) is 24.3. The monoisotopic (exact) mass is 473 g/mol. The number of rotatable bonds is 6. The van der Waals surface area contributed by atoms with Crippen molar-refractivity contribution in [3.8, 4) is 22.8 Å². The van der Waals surface area contributed by atoms with Gasteiger partial charge in [-0.2, -0.15) is 8.42 Å². The minimum Gasteiger partial charge on any atom is -0.478 e. The van der Waals surface area contributed by atoms with Crippen molar-refractivity contribution < 1.29 is 37.5 Å². The summed E-state index contributed by atoms with van der Waals surface area (Å²) in [4.78, 5) is 16.2. The van der Waals surface area contributed by atoms with Crippen LogP contribution >= 0.6 is 0 Å². The Kier molecular flexibility index (Phi) is 7.44. The fourth-order valence-corrected chi connectivity index (χ4v) is 4.16. The van der Waals surface area contributed by atoms with Gasteiger partial charge in [0.05, 0.1) is 23.6 Å². The number of aliphatic hydroxyl groups is 1. The number of hydrogen-bond acceptors (Lipinski definition) is 7. The smallest absolute Gasteiger partial charge is 0.336 e. The first-order valence-electron chi connectivity index (χ1n) is 10.1. The van der Waals surface area contributed by atoms with Crippen LogP contribution in [0.1, 0.15) is 47.0 Å². The molecule has 174 valence electrons. The molecular formula is C23H23NO8S. The Morgan fingerprint density at radius 2 is 1.67 bits per heavy atom. The first-order chi connectivity index (χ1) is 15.8. The van der Waals surface area contributed by atoms with Gasteiger partial charge in [-0.1, -0.05) is 32.0 Å². The Labute approximate surface area is 191 Å². The molecule has 9 nitrogen and oxygen atoms in total. The molecule has 4 rings (SSSR count). The Hall–Kier alpha value is -3.31. The second-order valence-electron chi connectivity index (χ2n) is 6.75. The van der Waals surface area contributed by atoms with Crippen LogP contribution in [0, 0.1) is 0 Å². The summed E-state index contributed by atoms with van der Waals surface area (Å²) in [5.41, 5.74) is -1.89. The van der Waals surface area contributed by atoms with Crippen LogP contribution in [0.25, 0.3) is 11.3 Å². The lowest BCUT2D eigenvalue weighted by molar-refractivity contribution is 0.0102. The van der Waals surface area contributed by atoms with Gasteiger partial charge in [-0.05, 0) is 42.5 Å². The maximum absolute atomic E-state index is 11.8. The molecule has 33 heavy (non-hydrogen) atoms. The van der Waals surface area contributed by atoms with Gasteiger partial charge in [0.1, 0.15) is 17.6 Å². The number of aromatic carboxylic acids is 1. The summed E-state index contributed by atoms with van der Waals surface area (Å²) in [5.74, 6) is -0.212. The van der Waals surface area contributed by atoms with Crippen molar-refractivity contribution in [2.75, 3.05) is 6.61 Å². The summed E-state index contributed by atoms with van der Waals surface area (Å²) < 4.78 is 43.7. The molecule has 2 unspecified atom stereocenters. The van der Waals surface area contributed by atoms with Crippen molar-refractivity contribution in [3.05, 3.63) is 77.5 Å². The molecule has 0 saturated carbocycles. The van der Waals surface area contributed by atoms with Gasteiger partial charge in [-0.15, -0.1) is 0 Å². The number of para-hydroxylation sites is 1. The minimum atomic E-state index is -4.78. The van der Waals surface area contributed by atoms with Crippen LogP contribution in [-0.4, -0.2) is 40.7 Å². The number of ether oxygens (including phenoxy) is 2. The van der Waals surface area contributed by atoms with E-state index in [0.717, 1.165) is 0 Å². The lowest BCUT2D eigenvalue weighted by atomic mass is 10.0. The molecule has 0 aliphatic carbocycles. The quantitative estimate of drug-likeness (QED) is 0.448. The Balaban J connectivity index is 0.00000149. The SMILES string of the molecule is CC.O=C(O)c1cc(-c2ccc(Oc3ccccc3)cc2)nc2c1C(S(=O)(=O)O)OC2CO. The summed E-state index contributed by atoms with van der Waals surface area (Å²) in [5, 5.41) is 19.2. The molecule has 0 saturated heterocycles. The summed E-state index contributed by atoms with van der Waals surface area (Å²) in [7, 11) is -4.78. The lowest BCUT2D eigenvalue weighted by Crippen LogP contribution is -2.15. The summed E-state index contributed by atoms with van der Waals surface area (Å²) in [6.07, 6.45) is -1.19. The van der Waals surface area contributed by atoms with Crippen LogP contribution in [0.4, 0.5) is 0 Å². The van der Waals surface area contributed by atoms with Crippen LogP contribution in [0.3, 0.4) is 0 Å². The Morgan fingerprint density at radius 1 is 1.06 bits per heavy atom. The number of carboxylic acids is 1. The number of carboxylic acid groups (broad SMARTS) is 1. The largest absolute Gasteiger partial charge is 0.478 e. The molecule has 0 fully saturated rings. The van der Waals surface area contributed by atoms with E-state index in [9.17, 15) is 28.0 Å². The van der Waals surface area contributed by atoms with Crippen LogP contribution in [0.15, 0.2) is 60.7 Å². The standard InChI is InChI=1S/C21H17NO8S.C2H6/c23-11-17-19-18(21(30-17)31(26,27)28)15(20(24)25)10-16(22-19)12-6-8-14(9-7-12)29-13-4-2-1-3-5-13;1-2/h1-10,17,21,23H,11H2,(H,24,25)(H,26,27,28);1-2H3. The molecule has 2 atom stereocenters. The van der Waals surface area contributed by atoms with E-state index >= 15 is 0 Å². The fourth-order valence-electron chi connectivity index (χ4n) is 3.34. The van der Waals surface area contributed by atoms with E-state index in [1.807, 2.05) is 32.0 Å². The number of fused-ring (bicyclic) bond motifs is 1. The van der Waals surface area contributed by atoms with Crippen molar-refractivity contribution in [1.29, 1.82) is 0 Å². The average molecular weight is 474 g/mol. The number of aliphatic hydroxyl groups excluding tert-OH is 1. The van der Waals surface area contributed by atoms with Gasteiger partial charge in [0.2, 0.25) is 5.44 Å². The third kappa shape index (κ3) is 5.20. The molecule has 0 spiro atoms. The summed E-state index contributed by atoms with van der Waals surface area (Å²) >= 11 is 0. The van der Waals surface area contributed by atoms with Gasteiger partial charge in [0.15, 0.2) is 0 Å². The third-order valence-corrected chi connectivity index (χ3v) is 5.60. The molecule has 2 aromatic carbocycles. The maximum atomic E-state index is 11.8. The normalized spacial score (nSPS) is 17.0. The highest BCUT2D eigenvalue weighted by Gasteiger charge is 2.43. The van der Waals surface area contributed by atoms with Gasteiger partial charge >= 0.3 is 5.97 Å². The van der Waals surface area contributed by atoms with Gasteiger partial charge < -0.3 is 19.7 Å². The molecule has 2 heterocycles. The lowest BCUT2D eigenvalue weighted by Gasteiger charge is -2.12. The van der Waals surface area contributed by atoms with Crippen LogP contribution in [-0.2, 0) is 14.9 Å². The van der Waals surface area contributed by atoms with Crippen molar-refractivity contribution in [3.63, 3.8) is 0 Å². The highest BCUT2D eigenvalue weighted by Crippen LogP contribution is 2.43. The predicted octanol–water partition coefficient (Wildman–Crippen LogP) is 4.22. The molecule has 0 radical (unpaired) electrons. The zero-order chi connectivity index (χ0) is 24.2. The van der Waals surface area contributed by atoms with Crippen molar-refractivity contribution in [2.24, 2.45) is 0 Å². The Morgan fingerprint density at radius 3 is 2.21 bits per heavy atom. The molecule has 0 amide bonds. The number of carbonyl (C=O) groups is 1. The van der Waals surface area contributed by atoms with E-state index in [4.69, 9.17) is 9.47 Å². The van der Waals surface area contributed by atoms with E-state index in [0.29, 0.717) is 17.1 Å². The van der Waals surface area contributed by atoms with Crippen LogP contribution in [0.5, 0.6) is 11.5 Å². The molecule has 1 aromatic heterocycles. The van der Waals surface area contributed by atoms with Crippen LogP contribution < -0.4 is 4.74 Å². The minimum absolute atomic E-state index is 0.0513. The van der Waals surface area contributed by atoms with E-state index in [2.05, 4.69) is 4.98 Å². The Bertz CT molecular complexity index is 1230. The van der Waals surface area contributed by atoms with Gasteiger partial charge in [0.25, 0.3) is 10.1 Å². The zero-order valence-electron chi connectivity index (χ0n) is 17.9. The molecule has 3 N–H and O–H groups in total. The first-order valence-corrected chi connectivity index (χ1v) is 11.6. The number of nitrogens with zero attached hydrogens (tertiary/aromatic N) is 1. The van der Waals surface area contributed by atoms with Gasteiger partial charge in [-0.25, -0.2) is 9.78 Å². The van der Waals surface area contributed by atoms with Crippen molar-refractivity contribution >= 4 is 16.1 Å². The molecule has 1 aliphatic heterocycles. The second kappa shape index (κ2) is 10.1. The van der Waals surface area contributed by atoms with E-state index < -0.39 is 34.2 Å². The average Bonchev–Trinajstić information content (AvgIpc) is 3.20. The van der Waals surface area contributed by atoms with Gasteiger partial charge in [0, 0.05) is 11.1 Å². The van der Waals surface area contributed by atoms with E-state index in [1.165, 1.54) is 6.07 Å². The molecule has 10 heteroatoms. The fraction of sp³-hybridized carbons (Fsp3) is 0.217. The number of pyridine rings is 1. The van der Waals surface area contributed by atoms with E-state index in [1.54, 1.807) is 36.4 Å². The predicted molar refractivity (Wildman–Crippen MR) is 120 cm³/mol. The van der Waals surface area contributed by atoms with Gasteiger partial charge in [-0.3, -0.25) is 4.55 Å². The third-order valence-electron chi connectivity index (χ3n) is 4.71. The van der Waals surface area contributed by atoms with E-state index in [-0.39, 0.29) is 22.5 Å². The number of benzene rings is 2. The van der Waals surface area contributed by atoms with Crippen molar-refractivity contribution in [2.45, 2.75) is 25.4 Å². The maximum Gasteiger partial charge on any atom is 0.336 e. The molecule has 1 aliphatic rings. The zero-order valence-corrected chi connectivity index (χ0v) is 18.7. The highest BCUT2D eigenvalue weighted by atomic mass is 32.2. The second-order valence-corrected chi connectivity index (χ2v) is 8.21. The van der Waals surface area contributed by atoms with Crippen LogP contribution in [0.2, 0.25) is 0 Å². The number of aromatic nitrogens is 1. The number of hydrogen-bond donors (Lipinski definition) is 3.